The molecule has 0 aliphatic heterocycles. The van der Waals surface area contributed by atoms with Crippen molar-refractivity contribution in [2.24, 2.45) is 40.4 Å². The largest absolute Gasteiger partial charge is 0.390 e. The normalized spacial score (nSPS) is 46.0. The average Bonchev–Trinajstić information content (AvgIpc) is 3.05. The van der Waals surface area contributed by atoms with Crippen molar-refractivity contribution in [1.82, 2.24) is 0 Å². The number of rotatable bonds is 5. The molecule has 178 valence electrons. The van der Waals surface area contributed by atoms with Crippen molar-refractivity contribution >= 4 is 0 Å². The van der Waals surface area contributed by atoms with Gasteiger partial charge in [0.1, 0.15) is 0 Å². The van der Waals surface area contributed by atoms with Crippen LogP contribution in [0.1, 0.15) is 105 Å². The highest BCUT2D eigenvalue weighted by Gasteiger charge is 2.59. The maximum Gasteiger partial charge on any atom is 0.389 e. The maximum absolute atomic E-state index is 12.6. The first-order chi connectivity index (χ1) is 14.4. The summed E-state index contributed by atoms with van der Waals surface area (Å²) in [5, 5.41) is 10.9. The van der Waals surface area contributed by atoms with E-state index in [1.54, 1.807) is 0 Å². The SMILES string of the molecule is CC[C@]1(O)CC[C@@]2(C)C(=CC[C@@H]3C2CC[C@@]2(C)C3CC[C@@H]2[C@H](C)CCCC(F)(F)F)C1. The molecule has 0 aromatic carbocycles. The van der Waals surface area contributed by atoms with Gasteiger partial charge in [0, 0.05) is 6.42 Å². The predicted octanol–water partition coefficient (Wildman–Crippen LogP) is 8.08. The number of allylic oxidation sites excluding steroid dienone is 1. The number of hydrogen-bond donors (Lipinski definition) is 1. The van der Waals surface area contributed by atoms with E-state index in [2.05, 4.69) is 33.8 Å². The molecule has 2 unspecified atom stereocenters. The Balaban J connectivity index is 1.48. The van der Waals surface area contributed by atoms with Gasteiger partial charge in [-0.2, -0.15) is 13.2 Å². The Morgan fingerprint density at radius 1 is 1.10 bits per heavy atom. The molecule has 0 heterocycles. The highest BCUT2D eigenvalue weighted by atomic mass is 19.4. The first-order valence-corrected chi connectivity index (χ1v) is 12.9. The first-order valence-electron chi connectivity index (χ1n) is 12.9. The van der Waals surface area contributed by atoms with Gasteiger partial charge in [0.25, 0.3) is 0 Å². The molecule has 0 aromatic rings. The molecule has 4 aliphatic carbocycles. The lowest BCUT2D eigenvalue weighted by atomic mass is 9.46. The van der Waals surface area contributed by atoms with Crippen LogP contribution < -0.4 is 0 Å². The number of aliphatic hydroxyl groups is 1. The molecule has 8 atom stereocenters. The van der Waals surface area contributed by atoms with Gasteiger partial charge in [0.2, 0.25) is 0 Å². The molecule has 1 N–H and O–H groups in total. The van der Waals surface area contributed by atoms with Crippen LogP contribution in [0.15, 0.2) is 11.6 Å². The van der Waals surface area contributed by atoms with E-state index >= 15 is 0 Å². The van der Waals surface area contributed by atoms with Crippen LogP contribution >= 0.6 is 0 Å². The van der Waals surface area contributed by atoms with Crippen molar-refractivity contribution in [2.75, 3.05) is 0 Å². The summed E-state index contributed by atoms with van der Waals surface area (Å²) in [5.41, 5.74) is 1.54. The molecule has 4 heteroatoms. The van der Waals surface area contributed by atoms with Crippen molar-refractivity contribution in [2.45, 2.75) is 117 Å². The maximum atomic E-state index is 12.6. The van der Waals surface area contributed by atoms with Crippen molar-refractivity contribution < 1.29 is 18.3 Å². The molecule has 0 aromatic heterocycles. The Kier molecular flexibility index (Phi) is 6.15. The van der Waals surface area contributed by atoms with Crippen LogP contribution in [0.25, 0.3) is 0 Å². The van der Waals surface area contributed by atoms with Crippen LogP contribution in [0.5, 0.6) is 0 Å². The van der Waals surface area contributed by atoms with Crippen molar-refractivity contribution in [3.8, 4) is 0 Å². The van der Waals surface area contributed by atoms with Gasteiger partial charge in [-0.15, -0.1) is 0 Å². The monoisotopic (exact) mass is 440 g/mol. The molecule has 0 saturated heterocycles. The summed E-state index contributed by atoms with van der Waals surface area (Å²) in [4.78, 5) is 0. The second kappa shape index (κ2) is 8.06. The lowest BCUT2D eigenvalue weighted by Gasteiger charge is -2.59. The molecule has 0 spiro atoms. The zero-order valence-corrected chi connectivity index (χ0v) is 20.0. The van der Waals surface area contributed by atoms with E-state index < -0.39 is 18.2 Å². The highest BCUT2D eigenvalue weighted by molar-refractivity contribution is 5.27. The summed E-state index contributed by atoms with van der Waals surface area (Å²) in [6.45, 7) is 9.27. The molecule has 3 saturated carbocycles. The molecular formula is C27H43F3O. The molecule has 0 bridgehead atoms. The second-order valence-corrected chi connectivity index (χ2v) is 12.2. The Bertz CT molecular complexity index is 699. The van der Waals surface area contributed by atoms with Crippen molar-refractivity contribution in [3.63, 3.8) is 0 Å². The van der Waals surface area contributed by atoms with Gasteiger partial charge in [0.15, 0.2) is 0 Å². The third kappa shape index (κ3) is 4.13. The number of hydrogen-bond acceptors (Lipinski definition) is 1. The van der Waals surface area contributed by atoms with E-state index in [0.29, 0.717) is 41.4 Å². The van der Waals surface area contributed by atoms with Crippen LogP contribution in [-0.2, 0) is 0 Å². The third-order valence-corrected chi connectivity index (χ3v) is 10.8. The van der Waals surface area contributed by atoms with Crippen LogP contribution in [0.3, 0.4) is 0 Å². The van der Waals surface area contributed by atoms with E-state index in [9.17, 15) is 18.3 Å². The average molecular weight is 441 g/mol. The number of fused-ring (bicyclic) bond motifs is 5. The summed E-state index contributed by atoms with van der Waals surface area (Å²) < 4.78 is 37.9. The fraction of sp³-hybridized carbons (Fsp3) is 0.926. The number of halogens is 3. The van der Waals surface area contributed by atoms with Crippen LogP contribution in [0.2, 0.25) is 0 Å². The van der Waals surface area contributed by atoms with Crippen molar-refractivity contribution in [1.29, 1.82) is 0 Å². The van der Waals surface area contributed by atoms with E-state index in [-0.39, 0.29) is 11.8 Å². The molecular weight excluding hydrogens is 397 g/mol. The Hall–Kier alpha value is -0.510. The van der Waals surface area contributed by atoms with E-state index in [0.717, 1.165) is 32.1 Å². The molecule has 3 fully saturated rings. The first kappa shape index (κ1) is 23.6. The highest BCUT2D eigenvalue weighted by Crippen LogP contribution is 2.67. The predicted molar refractivity (Wildman–Crippen MR) is 120 cm³/mol. The van der Waals surface area contributed by atoms with Crippen LogP contribution in [0, 0.1) is 40.4 Å². The Morgan fingerprint density at radius 3 is 2.52 bits per heavy atom. The van der Waals surface area contributed by atoms with Gasteiger partial charge in [0.05, 0.1) is 5.60 Å². The van der Waals surface area contributed by atoms with Crippen LogP contribution in [-0.4, -0.2) is 16.9 Å². The lowest BCUT2D eigenvalue weighted by molar-refractivity contribution is -0.136. The van der Waals surface area contributed by atoms with Gasteiger partial charge in [-0.25, -0.2) is 0 Å². The quantitative estimate of drug-likeness (QED) is 0.428. The summed E-state index contributed by atoms with van der Waals surface area (Å²) in [6, 6.07) is 0. The Labute approximate surface area is 187 Å². The van der Waals surface area contributed by atoms with Crippen LogP contribution in [0.4, 0.5) is 13.2 Å². The van der Waals surface area contributed by atoms with E-state index in [4.69, 9.17) is 0 Å². The van der Waals surface area contributed by atoms with E-state index in [1.807, 2.05) is 0 Å². The lowest BCUT2D eigenvalue weighted by Crippen LogP contribution is -2.52. The fourth-order valence-electron chi connectivity index (χ4n) is 8.81. The fourth-order valence-corrected chi connectivity index (χ4v) is 8.81. The van der Waals surface area contributed by atoms with Gasteiger partial charge < -0.3 is 5.11 Å². The van der Waals surface area contributed by atoms with Gasteiger partial charge in [-0.3, -0.25) is 0 Å². The molecule has 0 radical (unpaired) electrons. The molecule has 4 rings (SSSR count). The molecule has 1 nitrogen and oxygen atoms in total. The molecule has 31 heavy (non-hydrogen) atoms. The number of alkyl halides is 3. The minimum Gasteiger partial charge on any atom is -0.390 e. The molecule has 4 aliphatic rings. The van der Waals surface area contributed by atoms with Gasteiger partial charge in [-0.05, 0) is 105 Å². The van der Waals surface area contributed by atoms with E-state index in [1.165, 1.54) is 31.3 Å². The summed E-state index contributed by atoms with van der Waals surface area (Å²) in [7, 11) is 0. The third-order valence-electron chi connectivity index (χ3n) is 10.8. The van der Waals surface area contributed by atoms with Gasteiger partial charge in [-0.1, -0.05) is 45.8 Å². The summed E-state index contributed by atoms with van der Waals surface area (Å²) >= 11 is 0. The van der Waals surface area contributed by atoms with Gasteiger partial charge >= 0.3 is 6.18 Å². The zero-order valence-electron chi connectivity index (χ0n) is 20.0. The smallest absolute Gasteiger partial charge is 0.389 e. The minimum absolute atomic E-state index is 0.238. The Morgan fingerprint density at radius 2 is 1.84 bits per heavy atom. The molecule has 0 amide bonds. The van der Waals surface area contributed by atoms with Crippen molar-refractivity contribution in [3.05, 3.63) is 11.6 Å². The minimum atomic E-state index is -4.02. The summed E-state index contributed by atoms with van der Waals surface area (Å²) in [6.07, 6.45) is 8.60. The zero-order chi connectivity index (χ0) is 22.7. The standard InChI is InChI=1S/C27H43F3O/c1-5-26(31)16-15-24(3)19(17-26)8-9-20-22-11-10-21(25(22,4)14-12-23(20)24)18(2)7-6-13-27(28,29)30/h8,18,20-23,31H,5-7,9-17H2,1-4H3/t18-,20+,21-,22?,23?,24+,25-,26+/m1/s1. The summed E-state index contributed by atoms with van der Waals surface area (Å²) in [5.74, 6) is 3.09. The second-order valence-electron chi connectivity index (χ2n) is 12.2. The topological polar surface area (TPSA) is 20.2 Å².